The van der Waals surface area contributed by atoms with Crippen molar-refractivity contribution in [1.82, 2.24) is 4.90 Å². The maximum atomic E-state index is 5.97. The lowest BCUT2D eigenvalue weighted by Crippen LogP contribution is -2.49. The highest BCUT2D eigenvalue weighted by Crippen LogP contribution is 2.24. The summed E-state index contributed by atoms with van der Waals surface area (Å²) in [6.07, 6.45) is 1.61. The maximum absolute atomic E-state index is 5.97. The van der Waals surface area contributed by atoms with Crippen molar-refractivity contribution >= 4 is 5.69 Å². The predicted molar refractivity (Wildman–Crippen MR) is 82.2 cm³/mol. The lowest BCUT2D eigenvalue weighted by molar-refractivity contribution is -0.0782. The zero-order valence-corrected chi connectivity index (χ0v) is 12.9. The van der Waals surface area contributed by atoms with E-state index in [0.717, 1.165) is 25.3 Å². The summed E-state index contributed by atoms with van der Waals surface area (Å²) in [4.78, 5) is 2.50. The molecule has 1 heterocycles. The fourth-order valence-electron chi connectivity index (χ4n) is 2.96. The summed E-state index contributed by atoms with van der Waals surface area (Å²) in [5.41, 5.74) is 7.93. The van der Waals surface area contributed by atoms with Crippen molar-refractivity contribution in [3.63, 3.8) is 0 Å². The second kappa shape index (κ2) is 6.46. The van der Waals surface area contributed by atoms with E-state index in [0.29, 0.717) is 23.9 Å². The summed E-state index contributed by atoms with van der Waals surface area (Å²) in [5, 5.41) is 0. The van der Waals surface area contributed by atoms with E-state index in [1.54, 1.807) is 7.11 Å². The second-order valence-corrected chi connectivity index (χ2v) is 5.84. The molecule has 2 N–H and O–H groups in total. The van der Waals surface area contributed by atoms with E-state index in [9.17, 15) is 0 Å². The third kappa shape index (κ3) is 3.64. The molecule has 0 saturated carbocycles. The van der Waals surface area contributed by atoms with Crippen LogP contribution in [0.3, 0.4) is 0 Å². The third-order valence-electron chi connectivity index (χ3n) is 3.90. The average molecular weight is 278 g/mol. The van der Waals surface area contributed by atoms with Gasteiger partial charge in [-0.15, -0.1) is 0 Å². The molecule has 0 radical (unpaired) electrons. The zero-order chi connectivity index (χ0) is 14.7. The first-order chi connectivity index (χ1) is 9.49. The van der Waals surface area contributed by atoms with Gasteiger partial charge in [0.2, 0.25) is 0 Å². The number of benzene rings is 1. The monoisotopic (exact) mass is 278 g/mol. The van der Waals surface area contributed by atoms with Gasteiger partial charge in [0, 0.05) is 19.1 Å². The van der Waals surface area contributed by atoms with Gasteiger partial charge in [0.1, 0.15) is 5.75 Å². The van der Waals surface area contributed by atoms with Crippen molar-refractivity contribution in [3.05, 3.63) is 23.8 Å². The molecule has 1 aromatic rings. The molecule has 20 heavy (non-hydrogen) atoms. The number of nitrogens with zero attached hydrogens (tertiary/aromatic N) is 1. The smallest absolute Gasteiger partial charge is 0.141 e. The SMILES string of the molecule is COc1ccc(CC(C)N2CC(C)OC(C)C2)cc1N. The molecule has 3 unspecified atom stereocenters. The van der Waals surface area contributed by atoms with Crippen LogP contribution in [0.2, 0.25) is 0 Å². The molecular formula is C16H26N2O2. The number of morpholine rings is 1. The molecule has 0 aliphatic carbocycles. The first-order valence-electron chi connectivity index (χ1n) is 7.31. The van der Waals surface area contributed by atoms with Crippen LogP contribution in [0.5, 0.6) is 5.75 Å². The molecule has 0 bridgehead atoms. The van der Waals surface area contributed by atoms with Crippen molar-refractivity contribution in [2.75, 3.05) is 25.9 Å². The summed E-state index contributed by atoms with van der Waals surface area (Å²) in [6, 6.07) is 6.54. The topological polar surface area (TPSA) is 47.7 Å². The van der Waals surface area contributed by atoms with E-state index >= 15 is 0 Å². The number of hydrogen-bond donors (Lipinski definition) is 1. The van der Waals surface area contributed by atoms with Crippen molar-refractivity contribution in [2.24, 2.45) is 0 Å². The Morgan fingerprint density at radius 2 is 2.00 bits per heavy atom. The van der Waals surface area contributed by atoms with Gasteiger partial charge < -0.3 is 15.2 Å². The van der Waals surface area contributed by atoms with Gasteiger partial charge in [-0.05, 0) is 44.9 Å². The van der Waals surface area contributed by atoms with E-state index in [4.69, 9.17) is 15.2 Å². The highest BCUT2D eigenvalue weighted by atomic mass is 16.5. The fourth-order valence-corrected chi connectivity index (χ4v) is 2.96. The first-order valence-corrected chi connectivity index (χ1v) is 7.31. The minimum absolute atomic E-state index is 0.308. The molecule has 1 saturated heterocycles. The standard InChI is InChI=1S/C16H26N2O2/c1-11(18-9-12(2)20-13(3)10-18)7-14-5-6-16(19-4)15(17)8-14/h5-6,8,11-13H,7,9-10,17H2,1-4H3. The molecule has 1 fully saturated rings. The Bertz CT molecular complexity index is 440. The second-order valence-electron chi connectivity index (χ2n) is 5.84. The van der Waals surface area contributed by atoms with Crippen LogP contribution in [-0.4, -0.2) is 43.3 Å². The number of ether oxygens (including phenoxy) is 2. The van der Waals surface area contributed by atoms with Gasteiger partial charge in [0.25, 0.3) is 0 Å². The number of methoxy groups -OCH3 is 1. The van der Waals surface area contributed by atoms with Crippen LogP contribution in [0.4, 0.5) is 5.69 Å². The number of nitrogens with two attached hydrogens (primary N) is 1. The number of hydrogen-bond acceptors (Lipinski definition) is 4. The molecule has 2 rings (SSSR count). The van der Waals surface area contributed by atoms with E-state index < -0.39 is 0 Å². The minimum atomic E-state index is 0.308. The molecule has 0 amide bonds. The number of anilines is 1. The Labute approximate surface area is 121 Å². The van der Waals surface area contributed by atoms with Crippen LogP contribution >= 0.6 is 0 Å². The average Bonchev–Trinajstić information content (AvgIpc) is 2.37. The molecule has 1 aromatic carbocycles. The lowest BCUT2D eigenvalue weighted by atomic mass is 10.0. The molecule has 0 spiro atoms. The van der Waals surface area contributed by atoms with Crippen molar-refractivity contribution in [3.8, 4) is 5.75 Å². The zero-order valence-electron chi connectivity index (χ0n) is 12.9. The predicted octanol–water partition coefficient (Wildman–Crippen LogP) is 2.32. The Morgan fingerprint density at radius 1 is 1.35 bits per heavy atom. The van der Waals surface area contributed by atoms with Gasteiger partial charge in [-0.25, -0.2) is 0 Å². The molecule has 3 atom stereocenters. The summed E-state index contributed by atoms with van der Waals surface area (Å²) < 4.78 is 11.0. The van der Waals surface area contributed by atoms with Crippen LogP contribution < -0.4 is 10.5 Å². The maximum Gasteiger partial charge on any atom is 0.141 e. The van der Waals surface area contributed by atoms with Gasteiger partial charge in [0.05, 0.1) is 25.0 Å². The van der Waals surface area contributed by atoms with Crippen molar-refractivity contribution in [1.29, 1.82) is 0 Å². The van der Waals surface area contributed by atoms with Gasteiger partial charge in [-0.2, -0.15) is 0 Å². The van der Waals surface area contributed by atoms with E-state index in [-0.39, 0.29) is 0 Å². The Balaban J connectivity index is 2.00. The molecule has 4 nitrogen and oxygen atoms in total. The van der Waals surface area contributed by atoms with Crippen molar-refractivity contribution < 1.29 is 9.47 Å². The molecule has 1 aliphatic rings. The van der Waals surface area contributed by atoms with Crippen LogP contribution in [0.15, 0.2) is 18.2 Å². The number of nitrogen functional groups attached to an aromatic ring is 1. The van der Waals surface area contributed by atoms with E-state index in [1.807, 2.05) is 12.1 Å². The van der Waals surface area contributed by atoms with Crippen LogP contribution in [0.25, 0.3) is 0 Å². The Kier molecular flexibility index (Phi) is 4.89. The number of rotatable bonds is 4. The lowest BCUT2D eigenvalue weighted by Gasteiger charge is -2.39. The highest BCUT2D eigenvalue weighted by Gasteiger charge is 2.25. The van der Waals surface area contributed by atoms with Crippen LogP contribution in [-0.2, 0) is 11.2 Å². The molecule has 0 aromatic heterocycles. The highest BCUT2D eigenvalue weighted by molar-refractivity contribution is 5.54. The Hall–Kier alpha value is -1.26. The summed E-state index contributed by atoms with van der Waals surface area (Å²) in [6.45, 7) is 8.54. The van der Waals surface area contributed by atoms with Crippen LogP contribution in [0, 0.1) is 0 Å². The van der Waals surface area contributed by atoms with Gasteiger partial charge in [-0.1, -0.05) is 6.07 Å². The summed E-state index contributed by atoms with van der Waals surface area (Å²) >= 11 is 0. The molecule has 1 aliphatic heterocycles. The van der Waals surface area contributed by atoms with E-state index in [1.165, 1.54) is 5.56 Å². The van der Waals surface area contributed by atoms with Crippen LogP contribution in [0.1, 0.15) is 26.3 Å². The fraction of sp³-hybridized carbons (Fsp3) is 0.625. The van der Waals surface area contributed by atoms with Gasteiger partial charge in [-0.3, -0.25) is 4.90 Å². The quantitative estimate of drug-likeness (QED) is 0.859. The van der Waals surface area contributed by atoms with E-state index in [2.05, 4.69) is 31.7 Å². The molecule has 112 valence electrons. The summed E-state index contributed by atoms with van der Waals surface area (Å²) in [7, 11) is 1.64. The van der Waals surface area contributed by atoms with Gasteiger partial charge >= 0.3 is 0 Å². The first kappa shape index (κ1) is 15.1. The Morgan fingerprint density at radius 3 is 2.55 bits per heavy atom. The molecule has 4 heteroatoms. The van der Waals surface area contributed by atoms with Crippen molar-refractivity contribution in [2.45, 2.75) is 45.4 Å². The summed E-state index contributed by atoms with van der Waals surface area (Å²) in [5.74, 6) is 0.745. The minimum Gasteiger partial charge on any atom is -0.495 e. The normalized spacial score (nSPS) is 25.4. The largest absolute Gasteiger partial charge is 0.495 e. The third-order valence-corrected chi connectivity index (χ3v) is 3.90. The van der Waals surface area contributed by atoms with Gasteiger partial charge in [0.15, 0.2) is 0 Å². The molecular weight excluding hydrogens is 252 g/mol.